The molecule has 2 atom stereocenters. The first-order chi connectivity index (χ1) is 23.3. The van der Waals surface area contributed by atoms with E-state index in [2.05, 4.69) is 58.4 Å². The van der Waals surface area contributed by atoms with E-state index in [9.17, 15) is 9.59 Å². The van der Waals surface area contributed by atoms with E-state index in [0.29, 0.717) is 71.0 Å². The van der Waals surface area contributed by atoms with E-state index < -0.39 is 0 Å². The molecule has 2 aromatic heterocycles. The maximum atomic E-state index is 12.7. The zero-order chi connectivity index (χ0) is 34.3. The number of aryl methyl sites for hydroxylation is 1. The fraction of sp³-hybridized carbons (Fsp3) is 0.459. The summed E-state index contributed by atoms with van der Waals surface area (Å²) in [6, 6.07) is 15.9. The van der Waals surface area contributed by atoms with E-state index >= 15 is 0 Å². The number of hydrogen-bond acceptors (Lipinski definition) is 10. The van der Waals surface area contributed by atoms with Gasteiger partial charge in [0.05, 0.1) is 24.3 Å². The third kappa shape index (κ3) is 10.6. The molecule has 11 nitrogen and oxygen atoms in total. The monoisotopic (exact) mass is 655 g/mol. The third-order valence-corrected chi connectivity index (χ3v) is 8.43. The lowest BCUT2D eigenvalue weighted by atomic mass is 10.0. The van der Waals surface area contributed by atoms with Crippen LogP contribution >= 0.6 is 0 Å². The van der Waals surface area contributed by atoms with Gasteiger partial charge in [-0.2, -0.15) is 20.1 Å². The summed E-state index contributed by atoms with van der Waals surface area (Å²) < 4.78 is 12.9. The number of anilines is 4. The van der Waals surface area contributed by atoms with Gasteiger partial charge in [0.2, 0.25) is 11.9 Å². The molecule has 0 saturated carbocycles. The van der Waals surface area contributed by atoms with Crippen LogP contribution in [0.2, 0.25) is 0 Å². The van der Waals surface area contributed by atoms with Crippen LogP contribution in [0.15, 0.2) is 60.8 Å². The minimum atomic E-state index is -0.335. The molecule has 2 aromatic carbocycles. The molecule has 4 rings (SSSR count). The molecule has 0 fully saturated rings. The van der Waals surface area contributed by atoms with E-state index in [4.69, 9.17) is 9.47 Å². The molecule has 11 heteroatoms. The van der Waals surface area contributed by atoms with Gasteiger partial charge in [0.25, 0.3) is 0 Å². The van der Waals surface area contributed by atoms with Crippen molar-refractivity contribution in [3.63, 3.8) is 0 Å². The van der Waals surface area contributed by atoms with E-state index in [1.54, 1.807) is 59.4 Å². The molecule has 256 valence electrons. The molecular weight excluding hydrogens is 606 g/mol. The number of unbranched alkanes of at least 4 members (excludes halogenated alkanes) is 2. The first kappa shape index (κ1) is 36.0. The summed E-state index contributed by atoms with van der Waals surface area (Å²) in [5, 5.41) is 10.7. The predicted octanol–water partition coefficient (Wildman–Crippen LogP) is 8.51. The summed E-state index contributed by atoms with van der Waals surface area (Å²) in [6.45, 7) is 9.45. The quantitative estimate of drug-likeness (QED) is 0.0947. The zero-order valence-corrected chi connectivity index (χ0v) is 28.9. The molecule has 0 aliphatic carbocycles. The lowest BCUT2D eigenvalue weighted by molar-refractivity contribution is 0.0419. The van der Waals surface area contributed by atoms with Crippen LogP contribution in [-0.4, -0.2) is 49.9 Å². The Hall–Kier alpha value is -4.80. The molecule has 0 aliphatic heterocycles. The maximum Gasteiger partial charge on any atom is 0.338 e. The average molecular weight is 656 g/mol. The summed E-state index contributed by atoms with van der Waals surface area (Å²) in [6.07, 6.45) is 10.3. The molecule has 4 aromatic rings. The van der Waals surface area contributed by atoms with Crippen molar-refractivity contribution in [2.45, 2.75) is 79.1 Å². The van der Waals surface area contributed by atoms with E-state index in [1.807, 2.05) is 13.1 Å². The van der Waals surface area contributed by atoms with Crippen LogP contribution in [-0.2, 0) is 16.5 Å². The highest BCUT2D eigenvalue weighted by atomic mass is 16.5. The highest BCUT2D eigenvalue weighted by Gasteiger charge is 2.16. The Morgan fingerprint density at radius 3 is 1.52 bits per heavy atom. The average Bonchev–Trinajstić information content (AvgIpc) is 3.54. The molecule has 0 amide bonds. The largest absolute Gasteiger partial charge is 0.462 e. The summed E-state index contributed by atoms with van der Waals surface area (Å²) in [5.41, 5.74) is 3.05. The van der Waals surface area contributed by atoms with Crippen molar-refractivity contribution in [3.8, 4) is 11.5 Å². The smallest absolute Gasteiger partial charge is 0.338 e. The second-order valence-corrected chi connectivity index (χ2v) is 12.1. The van der Waals surface area contributed by atoms with Gasteiger partial charge in [-0.05, 0) is 79.3 Å². The Balaban J connectivity index is 1.44. The number of ether oxygens (including phenoxy) is 2. The number of nitrogens with one attached hydrogen (secondary N) is 2. The Bertz CT molecular complexity index is 1490. The van der Waals surface area contributed by atoms with Crippen LogP contribution in [0.1, 0.15) is 99.8 Å². The van der Waals surface area contributed by atoms with Crippen LogP contribution in [0.4, 0.5) is 23.3 Å². The van der Waals surface area contributed by atoms with Crippen LogP contribution in [0, 0.1) is 11.8 Å². The fourth-order valence-corrected chi connectivity index (χ4v) is 5.18. The number of hydrogen-bond donors (Lipinski definition) is 2. The number of benzene rings is 2. The fourth-order valence-electron chi connectivity index (χ4n) is 5.18. The van der Waals surface area contributed by atoms with Crippen molar-refractivity contribution in [1.29, 1.82) is 0 Å². The maximum absolute atomic E-state index is 12.7. The number of carbonyl (C=O) groups is 2. The van der Waals surface area contributed by atoms with Gasteiger partial charge in [0, 0.05) is 24.6 Å². The second-order valence-electron chi connectivity index (χ2n) is 12.1. The Morgan fingerprint density at radius 2 is 1.15 bits per heavy atom. The second kappa shape index (κ2) is 18.5. The third-order valence-electron chi connectivity index (χ3n) is 8.43. The van der Waals surface area contributed by atoms with Gasteiger partial charge < -0.3 is 20.1 Å². The normalized spacial score (nSPS) is 12.3. The number of nitrogens with zero attached hydrogens (tertiary/aromatic N) is 5. The molecule has 2 heterocycles. The summed E-state index contributed by atoms with van der Waals surface area (Å²) in [4.78, 5) is 39.2. The number of carbonyl (C=O) groups excluding carboxylic acids is 2. The summed E-state index contributed by atoms with van der Waals surface area (Å²) >= 11 is 0. The van der Waals surface area contributed by atoms with Gasteiger partial charge in [-0.25, -0.2) is 9.59 Å². The SMILES string of the molecule is CCCCC(CC)COC(=O)c1ccc(Nc2nc(Nc3ccc(C(=O)OCC(CC)CCCC)cc3)nc(-c3ccnn3C)n2)cc1. The summed E-state index contributed by atoms with van der Waals surface area (Å²) in [5.74, 6) is 1.10. The van der Waals surface area contributed by atoms with Crippen LogP contribution in [0.3, 0.4) is 0 Å². The van der Waals surface area contributed by atoms with Crippen molar-refractivity contribution in [1.82, 2.24) is 24.7 Å². The predicted molar refractivity (Wildman–Crippen MR) is 189 cm³/mol. The van der Waals surface area contributed by atoms with Crippen molar-refractivity contribution in [3.05, 3.63) is 71.9 Å². The topological polar surface area (TPSA) is 133 Å². The van der Waals surface area contributed by atoms with Crippen molar-refractivity contribution in [2.24, 2.45) is 18.9 Å². The molecule has 0 radical (unpaired) electrons. The van der Waals surface area contributed by atoms with Crippen LogP contribution < -0.4 is 10.6 Å². The number of esters is 2. The molecule has 2 N–H and O–H groups in total. The molecular formula is C37H49N7O4. The Morgan fingerprint density at radius 1 is 0.688 bits per heavy atom. The minimum Gasteiger partial charge on any atom is -0.462 e. The molecule has 2 unspecified atom stereocenters. The Labute approximate surface area is 283 Å². The van der Waals surface area contributed by atoms with Gasteiger partial charge in [-0.15, -0.1) is 0 Å². The highest BCUT2D eigenvalue weighted by Crippen LogP contribution is 2.23. The standard InChI is InChI=1S/C37H49N7O4/c1-6-10-12-26(8-3)24-47-34(45)28-14-18-30(19-15-28)39-36-41-33(32-22-23-38-44(32)5)42-37(43-36)40-31-20-16-29(17-21-31)35(46)48-25-27(9-4)13-11-7-2/h14-23,26-27H,6-13,24-25H2,1-5H3,(H2,39,40,41,42,43). The van der Waals surface area contributed by atoms with E-state index in [1.165, 1.54) is 0 Å². The van der Waals surface area contributed by atoms with Crippen molar-refractivity contribution >= 4 is 35.2 Å². The summed E-state index contributed by atoms with van der Waals surface area (Å²) in [7, 11) is 1.81. The minimum absolute atomic E-state index is 0.300. The number of aromatic nitrogens is 5. The lowest BCUT2D eigenvalue weighted by Gasteiger charge is -2.15. The lowest BCUT2D eigenvalue weighted by Crippen LogP contribution is -2.14. The first-order valence-electron chi connectivity index (χ1n) is 17.2. The van der Waals surface area contributed by atoms with Gasteiger partial charge in [-0.3, -0.25) is 4.68 Å². The molecule has 0 spiro atoms. The highest BCUT2D eigenvalue weighted by molar-refractivity contribution is 5.90. The van der Waals surface area contributed by atoms with Crippen molar-refractivity contribution in [2.75, 3.05) is 23.8 Å². The molecule has 0 aliphatic rings. The van der Waals surface area contributed by atoms with E-state index in [-0.39, 0.29) is 11.9 Å². The van der Waals surface area contributed by atoms with Crippen LogP contribution in [0.25, 0.3) is 11.5 Å². The van der Waals surface area contributed by atoms with E-state index in [0.717, 1.165) is 51.4 Å². The number of rotatable bonds is 19. The molecule has 0 bridgehead atoms. The van der Waals surface area contributed by atoms with Crippen LogP contribution in [0.5, 0.6) is 0 Å². The van der Waals surface area contributed by atoms with Gasteiger partial charge >= 0.3 is 11.9 Å². The zero-order valence-electron chi connectivity index (χ0n) is 28.9. The molecule has 48 heavy (non-hydrogen) atoms. The van der Waals surface area contributed by atoms with Crippen molar-refractivity contribution < 1.29 is 19.1 Å². The Kier molecular flexibility index (Phi) is 13.9. The molecule has 0 saturated heterocycles. The van der Waals surface area contributed by atoms with Gasteiger partial charge in [0.1, 0.15) is 5.69 Å². The first-order valence-corrected chi connectivity index (χ1v) is 17.2. The van der Waals surface area contributed by atoms with Gasteiger partial charge in [-0.1, -0.05) is 66.2 Å². The van der Waals surface area contributed by atoms with Gasteiger partial charge in [0.15, 0.2) is 5.82 Å².